The quantitative estimate of drug-likeness (QED) is 0.158. The molecule has 5 N–H and O–H groups in total. The minimum atomic E-state index is -3.81. The first-order valence-electron chi connectivity index (χ1n) is 12.2. The molecule has 0 bridgehead atoms. The van der Waals surface area contributed by atoms with Crippen LogP contribution in [0.3, 0.4) is 0 Å². The highest BCUT2D eigenvalue weighted by molar-refractivity contribution is 8.14. The van der Waals surface area contributed by atoms with Crippen molar-refractivity contribution < 1.29 is 13.2 Å². The van der Waals surface area contributed by atoms with Gasteiger partial charge in [0.2, 0.25) is 11.1 Å². The van der Waals surface area contributed by atoms with Crippen molar-refractivity contribution in [1.82, 2.24) is 0 Å². The first kappa shape index (κ1) is 32.5. The first-order valence-corrected chi connectivity index (χ1v) is 14.6. The summed E-state index contributed by atoms with van der Waals surface area (Å²) >= 11 is 1.06. The van der Waals surface area contributed by atoms with Crippen molar-refractivity contribution in [2.75, 3.05) is 27.4 Å². The van der Waals surface area contributed by atoms with Crippen LogP contribution in [0.4, 0.5) is 17.1 Å². The van der Waals surface area contributed by atoms with E-state index in [1.54, 1.807) is 36.4 Å². The number of hydrazine groups is 1. The van der Waals surface area contributed by atoms with Gasteiger partial charge in [0.1, 0.15) is 0 Å². The first-order chi connectivity index (χ1) is 18.2. The number of amides is 1. The lowest BCUT2D eigenvalue weighted by atomic mass is 10.2. The van der Waals surface area contributed by atoms with Crippen LogP contribution in [0.15, 0.2) is 88.9 Å². The van der Waals surface area contributed by atoms with Crippen molar-refractivity contribution in [2.45, 2.75) is 39.5 Å². The number of carbonyl (C=O) groups is 1. The van der Waals surface area contributed by atoms with Gasteiger partial charge in [0.15, 0.2) is 0 Å². The minimum absolute atomic E-state index is 0.0312. The molecule has 0 heterocycles. The Morgan fingerprint density at radius 3 is 2.16 bits per heavy atom. The SMILES string of the molecule is CC.CC.Cc1ccccc1N(N)/C(=N\N)SCC(=O)Nc1cccc(S(=O)(=O)N(C)c2ccccc2)c1. The summed E-state index contributed by atoms with van der Waals surface area (Å²) in [5, 5.41) is 7.97. The van der Waals surface area contributed by atoms with Crippen LogP contribution < -0.4 is 26.3 Å². The van der Waals surface area contributed by atoms with E-state index in [1.807, 2.05) is 65.0 Å². The summed E-state index contributed by atoms with van der Waals surface area (Å²) in [6.45, 7) is 9.90. The van der Waals surface area contributed by atoms with Gasteiger partial charge in [-0.1, -0.05) is 81.9 Å². The van der Waals surface area contributed by atoms with Crippen molar-refractivity contribution in [3.63, 3.8) is 0 Å². The molecule has 1 amide bonds. The van der Waals surface area contributed by atoms with E-state index in [0.29, 0.717) is 17.1 Å². The van der Waals surface area contributed by atoms with E-state index in [-0.39, 0.29) is 21.7 Å². The topological polar surface area (TPSA) is 134 Å². The summed E-state index contributed by atoms with van der Waals surface area (Å²) < 4.78 is 27.2. The van der Waals surface area contributed by atoms with Crippen LogP contribution in [0, 0.1) is 6.92 Å². The maximum absolute atomic E-state index is 13.0. The molecule has 3 aromatic rings. The van der Waals surface area contributed by atoms with E-state index in [1.165, 1.54) is 28.5 Å². The summed E-state index contributed by atoms with van der Waals surface area (Å²) in [7, 11) is -2.33. The lowest BCUT2D eigenvalue weighted by Gasteiger charge is -2.21. The van der Waals surface area contributed by atoms with Gasteiger partial charge in [0, 0.05) is 12.7 Å². The minimum Gasteiger partial charge on any atom is -0.325 e. The number of para-hydroxylation sites is 2. The van der Waals surface area contributed by atoms with Crippen molar-refractivity contribution in [2.24, 2.45) is 16.8 Å². The predicted molar refractivity (Wildman–Crippen MR) is 162 cm³/mol. The lowest BCUT2D eigenvalue weighted by Crippen LogP contribution is -2.37. The molecule has 0 aliphatic rings. The number of carbonyl (C=O) groups excluding carboxylic acids is 1. The molecule has 0 aromatic heterocycles. The van der Waals surface area contributed by atoms with Gasteiger partial charge >= 0.3 is 0 Å². The molecule has 11 heteroatoms. The number of amidine groups is 1. The van der Waals surface area contributed by atoms with Crippen LogP contribution in [-0.4, -0.2) is 32.3 Å². The third kappa shape index (κ3) is 8.79. The Morgan fingerprint density at radius 2 is 1.55 bits per heavy atom. The van der Waals surface area contributed by atoms with Crippen molar-refractivity contribution in [3.05, 3.63) is 84.4 Å². The number of hydrogen-bond donors (Lipinski definition) is 3. The van der Waals surface area contributed by atoms with Crippen LogP contribution in [0.1, 0.15) is 33.3 Å². The predicted octanol–water partition coefficient (Wildman–Crippen LogP) is 5.15. The van der Waals surface area contributed by atoms with Gasteiger partial charge in [-0.15, -0.1) is 0 Å². The second-order valence-electron chi connectivity index (χ2n) is 7.24. The van der Waals surface area contributed by atoms with Crippen molar-refractivity contribution in [1.29, 1.82) is 0 Å². The number of nitrogens with zero attached hydrogens (tertiary/aromatic N) is 3. The molecule has 38 heavy (non-hydrogen) atoms. The molecule has 0 atom stereocenters. The van der Waals surface area contributed by atoms with E-state index in [2.05, 4.69) is 10.4 Å². The van der Waals surface area contributed by atoms with Gasteiger partial charge < -0.3 is 11.2 Å². The third-order valence-electron chi connectivity index (χ3n) is 4.92. The maximum Gasteiger partial charge on any atom is 0.264 e. The Balaban J connectivity index is 0.00000172. The van der Waals surface area contributed by atoms with Gasteiger partial charge in [-0.05, 0) is 48.9 Å². The largest absolute Gasteiger partial charge is 0.325 e. The number of aryl methyl sites for hydroxylation is 1. The number of benzene rings is 3. The number of nitrogens with one attached hydrogen (secondary N) is 1. The summed E-state index contributed by atoms with van der Waals surface area (Å²) in [6.07, 6.45) is 0. The fourth-order valence-corrected chi connectivity index (χ4v) is 4.99. The molecule has 0 saturated carbocycles. The van der Waals surface area contributed by atoms with E-state index in [9.17, 15) is 13.2 Å². The zero-order valence-corrected chi connectivity index (χ0v) is 24.4. The fraction of sp³-hybridized carbons (Fsp3) is 0.259. The Morgan fingerprint density at radius 1 is 0.947 bits per heavy atom. The molecule has 3 aromatic carbocycles. The number of rotatable bonds is 7. The van der Waals surface area contributed by atoms with Gasteiger partial charge in [-0.25, -0.2) is 14.3 Å². The molecule has 0 saturated heterocycles. The van der Waals surface area contributed by atoms with Gasteiger partial charge in [-0.3, -0.25) is 14.1 Å². The van der Waals surface area contributed by atoms with Crippen molar-refractivity contribution in [3.8, 4) is 0 Å². The number of hydrogen-bond acceptors (Lipinski definition) is 7. The van der Waals surface area contributed by atoms with Gasteiger partial charge in [0.25, 0.3) is 10.0 Å². The lowest BCUT2D eigenvalue weighted by molar-refractivity contribution is -0.113. The monoisotopic (exact) mass is 558 g/mol. The van der Waals surface area contributed by atoms with Gasteiger partial charge in [0.05, 0.1) is 22.0 Å². The molecule has 9 nitrogen and oxygen atoms in total. The highest BCUT2D eigenvalue weighted by Crippen LogP contribution is 2.24. The maximum atomic E-state index is 13.0. The van der Waals surface area contributed by atoms with Crippen LogP contribution in [0.2, 0.25) is 0 Å². The molecule has 0 spiro atoms. The van der Waals surface area contributed by atoms with Crippen molar-refractivity contribution >= 4 is 49.9 Å². The molecule has 0 aliphatic heterocycles. The highest BCUT2D eigenvalue weighted by Gasteiger charge is 2.22. The summed E-state index contributed by atoms with van der Waals surface area (Å²) in [4.78, 5) is 12.6. The smallest absolute Gasteiger partial charge is 0.264 e. The summed E-state index contributed by atoms with van der Waals surface area (Å²) in [5.74, 6) is 11.2. The normalized spacial score (nSPS) is 10.8. The van der Waals surface area contributed by atoms with E-state index < -0.39 is 10.0 Å². The zero-order chi connectivity index (χ0) is 28.7. The molecule has 0 unspecified atom stereocenters. The molecule has 0 radical (unpaired) electrons. The second kappa shape index (κ2) is 16.3. The van der Waals surface area contributed by atoms with Gasteiger partial charge in [-0.2, -0.15) is 5.10 Å². The average molecular weight is 559 g/mol. The summed E-state index contributed by atoms with van der Waals surface area (Å²) in [6, 6.07) is 22.3. The van der Waals surface area contributed by atoms with E-state index >= 15 is 0 Å². The van der Waals surface area contributed by atoms with E-state index in [4.69, 9.17) is 11.7 Å². The van der Waals surface area contributed by atoms with E-state index in [0.717, 1.165) is 17.3 Å². The number of sulfonamides is 1. The van der Waals surface area contributed by atoms with Crippen LogP contribution in [0.5, 0.6) is 0 Å². The molecule has 206 valence electrons. The molecule has 3 rings (SSSR count). The Bertz CT molecular complexity index is 1280. The number of thioether (sulfide) groups is 1. The highest BCUT2D eigenvalue weighted by atomic mass is 32.2. The average Bonchev–Trinajstić information content (AvgIpc) is 2.95. The zero-order valence-electron chi connectivity index (χ0n) is 22.8. The number of hydrazone groups is 1. The van der Waals surface area contributed by atoms with Crippen LogP contribution in [0.25, 0.3) is 0 Å². The molecular formula is C27H38N6O3S2. The Hall–Kier alpha value is -3.54. The van der Waals surface area contributed by atoms with Crippen LogP contribution in [-0.2, 0) is 14.8 Å². The second-order valence-corrected chi connectivity index (χ2v) is 10.2. The molecule has 0 fully saturated rings. The molecular weight excluding hydrogens is 520 g/mol. The molecule has 0 aliphatic carbocycles. The fourth-order valence-electron chi connectivity index (χ4n) is 3.10. The Kier molecular flexibility index (Phi) is 14.0. The third-order valence-corrected chi connectivity index (χ3v) is 7.67. The van der Waals surface area contributed by atoms with Crippen LogP contribution >= 0.6 is 11.8 Å². The summed E-state index contributed by atoms with van der Waals surface area (Å²) in [5.41, 5.74) is 2.51. The standard InChI is InChI=1S/C23H26N6O3S2.2C2H6/c1-17-9-6-7-14-21(17)29(25)23(27-24)33-16-22(30)26-18-10-8-13-20(15-18)34(31,32)28(2)19-11-4-3-5-12-19;2*1-2/h3-15H,16,24-25H2,1-2H3,(H,26,30);2*1-2H3/b27-23+;;. The Labute approximate surface area is 230 Å². The number of nitrogens with two attached hydrogens (primary N) is 2. The number of anilines is 3.